The van der Waals surface area contributed by atoms with Gasteiger partial charge in [-0.2, -0.15) is 5.26 Å². The molecule has 0 atom stereocenters. The average Bonchev–Trinajstić information content (AvgIpc) is 2.97. The molecular weight excluding hydrogens is 372 g/mol. The lowest BCUT2D eigenvalue weighted by Crippen LogP contribution is -2.12. The van der Waals surface area contributed by atoms with E-state index in [-0.39, 0.29) is 17.9 Å². The number of ether oxygens (including phenoxy) is 1. The van der Waals surface area contributed by atoms with Crippen molar-refractivity contribution >= 4 is 34.5 Å². The summed E-state index contributed by atoms with van der Waals surface area (Å²) in [5.41, 5.74) is 3.04. The number of nitrogens with zero attached hydrogens (tertiary/aromatic N) is 2. The van der Waals surface area contributed by atoms with Crippen molar-refractivity contribution < 1.29 is 14.6 Å². The number of hydrogen-bond acceptors (Lipinski definition) is 6. The number of aliphatic hydroxyl groups is 1. The van der Waals surface area contributed by atoms with Crippen molar-refractivity contribution in [3.05, 3.63) is 81.5 Å². The molecule has 0 radical (unpaired) electrons. The summed E-state index contributed by atoms with van der Waals surface area (Å²) in [4.78, 5) is 17.4. The Hall–Kier alpha value is -3.30. The number of rotatable bonds is 4. The molecule has 1 aliphatic rings. The van der Waals surface area contributed by atoms with Gasteiger partial charge in [-0.3, -0.25) is 0 Å². The van der Waals surface area contributed by atoms with E-state index >= 15 is 0 Å². The van der Waals surface area contributed by atoms with Gasteiger partial charge in [-0.15, -0.1) is 0 Å². The van der Waals surface area contributed by atoms with Crippen LogP contribution in [0, 0.1) is 18.3 Å². The molecule has 2 aromatic carbocycles. The van der Waals surface area contributed by atoms with Gasteiger partial charge in [-0.1, -0.05) is 36.0 Å². The fourth-order valence-corrected chi connectivity index (χ4v) is 3.69. The van der Waals surface area contributed by atoms with Crippen molar-refractivity contribution in [3.8, 4) is 6.07 Å². The van der Waals surface area contributed by atoms with E-state index in [9.17, 15) is 9.90 Å². The average molecular weight is 390 g/mol. The van der Waals surface area contributed by atoms with E-state index in [1.165, 1.54) is 11.8 Å². The second kappa shape index (κ2) is 8.59. The highest BCUT2D eigenvalue weighted by atomic mass is 32.2. The minimum atomic E-state index is -0.618. The van der Waals surface area contributed by atoms with Crippen molar-refractivity contribution in [1.29, 1.82) is 5.26 Å². The maximum Gasteiger partial charge on any atom is 0.344 e. The van der Waals surface area contributed by atoms with Crippen LogP contribution in [0.5, 0.6) is 0 Å². The maximum atomic E-state index is 12.4. The number of carbonyl (C=O) groups excluding carboxylic acids is 1. The van der Waals surface area contributed by atoms with Crippen LogP contribution >= 0.6 is 11.8 Å². The SMILES string of the molecule is CCOC(=O)C1=C(O)/C(=C\c2cccc(C#N)c2)SC1=Nc1cccc(C)c1. The normalized spacial score (nSPS) is 16.5. The third-order valence-electron chi connectivity index (χ3n) is 3.92. The first-order valence-electron chi connectivity index (χ1n) is 8.68. The first-order valence-corrected chi connectivity index (χ1v) is 9.49. The Balaban J connectivity index is 2.05. The quantitative estimate of drug-likeness (QED) is 0.738. The Bertz CT molecular complexity index is 1060. The molecule has 6 heteroatoms. The molecule has 0 saturated heterocycles. The van der Waals surface area contributed by atoms with E-state index in [2.05, 4.69) is 11.1 Å². The molecule has 0 spiro atoms. The van der Waals surface area contributed by atoms with Crippen LogP contribution in [0.1, 0.15) is 23.6 Å². The topological polar surface area (TPSA) is 82.7 Å². The smallest absolute Gasteiger partial charge is 0.344 e. The summed E-state index contributed by atoms with van der Waals surface area (Å²) < 4.78 is 5.10. The molecular formula is C22H18N2O3S. The summed E-state index contributed by atoms with van der Waals surface area (Å²) in [5.74, 6) is -0.787. The number of carbonyl (C=O) groups is 1. The highest BCUT2D eigenvalue weighted by Crippen LogP contribution is 2.40. The molecule has 0 aromatic heterocycles. The Labute approximate surface area is 167 Å². The monoisotopic (exact) mass is 390 g/mol. The zero-order valence-corrected chi connectivity index (χ0v) is 16.3. The van der Waals surface area contributed by atoms with Crippen LogP contribution in [0.2, 0.25) is 0 Å². The van der Waals surface area contributed by atoms with Gasteiger partial charge in [0.25, 0.3) is 0 Å². The molecule has 5 nitrogen and oxygen atoms in total. The summed E-state index contributed by atoms with van der Waals surface area (Å²) in [5, 5.41) is 20.1. The van der Waals surface area contributed by atoms with Crippen LogP contribution in [-0.4, -0.2) is 22.7 Å². The Kier molecular flexibility index (Phi) is 5.97. The Morgan fingerprint density at radius 1 is 1.29 bits per heavy atom. The van der Waals surface area contributed by atoms with Crippen molar-refractivity contribution in [3.63, 3.8) is 0 Å². The van der Waals surface area contributed by atoms with Gasteiger partial charge in [0, 0.05) is 0 Å². The Morgan fingerprint density at radius 2 is 2.07 bits per heavy atom. The van der Waals surface area contributed by atoms with E-state index in [1.807, 2.05) is 37.3 Å². The lowest BCUT2D eigenvalue weighted by atomic mass is 10.1. The van der Waals surface area contributed by atoms with Crippen LogP contribution in [-0.2, 0) is 9.53 Å². The number of aliphatic hydroxyl groups excluding tert-OH is 1. The number of nitriles is 1. The van der Waals surface area contributed by atoms with Gasteiger partial charge in [0.1, 0.15) is 16.4 Å². The summed E-state index contributed by atoms with van der Waals surface area (Å²) in [7, 11) is 0. The van der Waals surface area contributed by atoms with Crippen molar-refractivity contribution in [2.45, 2.75) is 13.8 Å². The van der Waals surface area contributed by atoms with Crippen molar-refractivity contribution in [1.82, 2.24) is 0 Å². The zero-order valence-electron chi connectivity index (χ0n) is 15.5. The van der Waals surface area contributed by atoms with Gasteiger partial charge in [0.05, 0.1) is 28.8 Å². The van der Waals surface area contributed by atoms with Crippen LogP contribution in [0.25, 0.3) is 6.08 Å². The Morgan fingerprint density at radius 3 is 2.79 bits per heavy atom. The molecule has 0 fully saturated rings. The highest BCUT2D eigenvalue weighted by Gasteiger charge is 2.33. The van der Waals surface area contributed by atoms with E-state index in [0.29, 0.717) is 21.2 Å². The fourth-order valence-electron chi connectivity index (χ4n) is 2.66. The largest absolute Gasteiger partial charge is 0.506 e. The van der Waals surface area contributed by atoms with E-state index in [0.717, 1.165) is 11.1 Å². The van der Waals surface area contributed by atoms with Gasteiger partial charge >= 0.3 is 5.97 Å². The minimum absolute atomic E-state index is 0.0519. The van der Waals surface area contributed by atoms with Gasteiger partial charge in [0.2, 0.25) is 0 Å². The zero-order chi connectivity index (χ0) is 20.1. The molecule has 0 saturated carbocycles. The fraction of sp³-hybridized carbons (Fsp3) is 0.136. The predicted octanol–water partition coefficient (Wildman–Crippen LogP) is 5.06. The van der Waals surface area contributed by atoms with Crippen LogP contribution in [0.4, 0.5) is 5.69 Å². The van der Waals surface area contributed by atoms with Crippen LogP contribution in [0.3, 0.4) is 0 Å². The summed E-state index contributed by atoms with van der Waals surface area (Å²) in [6, 6.07) is 16.6. The van der Waals surface area contributed by atoms with E-state index < -0.39 is 5.97 Å². The molecule has 1 heterocycles. The summed E-state index contributed by atoms with van der Waals surface area (Å²) >= 11 is 1.19. The lowest BCUT2D eigenvalue weighted by molar-refractivity contribution is -0.138. The van der Waals surface area contributed by atoms with Gasteiger partial charge in [0.15, 0.2) is 0 Å². The number of aryl methyl sites for hydroxylation is 1. The number of hydrogen-bond donors (Lipinski definition) is 1. The first kappa shape index (κ1) is 19.5. The van der Waals surface area contributed by atoms with Gasteiger partial charge < -0.3 is 9.84 Å². The van der Waals surface area contributed by atoms with Crippen LogP contribution in [0.15, 0.2) is 69.8 Å². The maximum absolute atomic E-state index is 12.4. The molecule has 1 aliphatic heterocycles. The van der Waals surface area contributed by atoms with E-state index in [4.69, 9.17) is 10.00 Å². The third kappa shape index (κ3) is 4.33. The standard InChI is InChI=1S/C22H18N2O3S/c1-3-27-22(26)19-20(25)18(12-15-7-5-8-16(11-15)13-23)28-21(19)24-17-9-4-6-14(2)10-17/h4-12,25H,3H2,1-2H3/b18-12+,24-21?. The summed E-state index contributed by atoms with van der Waals surface area (Å²) in [6.07, 6.45) is 1.72. The van der Waals surface area contributed by atoms with Gasteiger partial charge in [-0.05, 0) is 55.3 Å². The number of benzene rings is 2. The summed E-state index contributed by atoms with van der Waals surface area (Å²) in [6.45, 7) is 3.86. The lowest BCUT2D eigenvalue weighted by Gasteiger charge is -2.04. The van der Waals surface area contributed by atoms with Crippen LogP contribution < -0.4 is 0 Å². The van der Waals surface area contributed by atoms with E-state index in [1.54, 1.807) is 31.2 Å². The second-order valence-corrected chi connectivity index (χ2v) is 7.08. The second-order valence-electron chi connectivity index (χ2n) is 6.05. The molecule has 0 amide bonds. The molecule has 0 unspecified atom stereocenters. The molecule has 0 aliphatic carbocycles. The van der Waals surface area contributed by atoms with Crippen molar-refractivity contribution in [2.75, 3.05) is 6.61 Å². The first-order chi connectivity index (χ1) is 13.5. The molecule has 140 valence electrons. The van der Waals surface area contributed by atoms with Gasteiger partial charge in [-0.25, -0.2) is 9.79 Å². The molecule has 1 N–H and O–H groups in total. The van der Waals surface area contributed by atoms with Crippen molar-refractivity contribution in [2.24, 2.45) is 4.99 Å². The molecule has 3 rings (SSSR count). The molecule has 28 heavy (non-hydrogen) atoms. The molecule has 2 aromatic rings. The predicted molar refractivity (Wildman–Crippen MR) is 111 cm³/mol. The number of thioether (sulfide) groups is 1. The third-order valence-corrected chi connectivity index (χ3v) is 4.94. The minimum Gasteiger partial charge on any atom is -0.506 e. The number of aliphatic imine (C=N–C) groups is 1. The highest BCUT2D eigenvalue weighted by molar-refractivity contribution is 8.18. The molecule has 0 bridgehead atoms. The number of esters is 1.